The van der Waals surface area contributed by atoms with E-state index in [0.29, 0.717) is 19.5 Å². The zero-order chi connectivity index (χ0) is 28.8. The number of amides is 2. The number of thiophene rings is 1. The zero-order valence-electron chi connectivity index (χ0n) is 23.7. The number of hydrogen-bond donors (Lipinski definition) is 1. The van der Waals surface area contributed by atoms with Crippen LogP contribution in [0.4, 0.5) is 9.59 Å². The lowest BCUT2D eigenvalue weighted by Crippen LogP contribution is -2.54. The van der Waals surface area contributed by atoms with Crippen LogP contribution in [0.3, 0.4) is 0 Å². The molecule has 2 heterocycles. The maximum Gasteiger partial charge on any atom is 0.419 e. The van der Waals surface area contributed by atoms with Crippen LogP contribution in [0.15, 0.2) is 16.8 Å². The second-order valence-corrected chi connectivity index (χ2v) is 15.3. The minimum absolute atomic E-state index is 0.0307. The SMILES string of the molecule is CCOP1(=O)CCN(Cc2ccsc2)CC1(CCCCN(C(=O)OC(C)(C)C)C(=O)OC(C)(C)C)C(=O)O. The smallest absolute Gasteiger partial charge is 0.419 e. The third-order valence-electron chi connectivity index (χ3n) is 6.02. The van der Waals surface area contributed by atoms with Gasteiger partial charge in [-0.2, -0.15) is 11.3 Å². The Kier molecular flexibility index (Phi) is 11.0. The van der Waals surface area contributed by atoms with E-state index in [1.807, 2.05) is 21.7 Å². The highest BCUT2D eigenvalue weighted by atomic mass is 32.1. The van der Waals surface area contributed by atoms with Gasteiger partial charge >= 0.3 is 18.2 Å². The molecule has 2 rings (SSSR count). The fourth-order valence-corrected chi connectivity index (χ4v) is 8.00. The Hall–Kier alpha value is -1.94. The van der Waals surface area contributed by atoms with Gasteiger partial charge in [-0.25, -0.2) is 14.5 Å². The molecular formula is C26H43N2O8PS. The molecule has 1 aliphatic heterocycles. The van der Waals surface area contributed by atoms with E-state index in [2.05, 4.69) is 0 Å². The molecule has 0 bridgehead atoms. The number of hydrogen-bond acceptors (Lipinski definition) is 9. The van der Waals surface area contributed by atoms with Crippen LogP contribution < -0.4 is 0 Å². The summed E-state index contributed by atoms with van der Waals surface area (Å²) >= 11 is 1.57. The molecule has 2 unspecified atom stereocenters. The van der Waals surface area contributed by atoms with Gasteiger partial charge in [0, 0.05) is 32.3 Å². The number of carbonyl (C=O) groups excluding carboxylic acids is 2. The van der Waals surface area contributed by atoms with Crippen molar-refractivity contribution in [1.29, 1.82) is 0 Å². The normalized spacial score (nSPS) is 22.6. The monoisotopic (exact) mass is 574 g/mol. The topological polar surface area (TPSA) is 123 Å². The van der Waals surface area contributed by atoms with E-state index >= 15 is 0 Å². The Morgan fingerprint density at radius 3 is 2.18 bits per heavy atom. The number of carboxylic acids is 1. The molecule has 0 saturated carbocycles. The molecule has 0 radical (unpaired) electrons. The van der Waals surface area contributed by atoms with E-state index in [0.717, 1.165) is 10.5 Å². The van der Waals surface area contributed by atoms with Crippen LogP contribution in [0.25, 0.3) is 0 Å². The average Bonchev–Trinajstić information content (AvgIpc) is 3.26. The van der Waals surface area contributed by atoms with Crippen molar-refractivity contribution in [3.05, 3.63) is 22.4 Å². The molecule has 2 amide bonds. The van der Waals surface area contributed by atoms with E-state index < -0.39 is 41.9 Å². The summed E-state index contributed by atoms with van der Waals surface area (Å²) in [6.07, 6.45) is -0.851. The number of unbranched alkanes of at least 4 members (excludes halogenated alkanes) is 1. The first-order chi connectivity index (χ1) is 17.5. The maximum absolute atomic E-state index is 13.9. The largest absolute Gasteiger partial charge is 0.480 e. The number of carbonyl (C=O) groups is 3. The summed E-state index contributed by atoms with van der Waals surface area (Å²) in [5.74, 6) is -1.15. The molecule has 1 fully saturated rings. The Balaban J connectivity index is 2.19. The van der Waals surface area contributed by atoms with Crippen molar-refractivity contribution in [2.24, 2.45) is 0 Å². The molecule has 0 spiro atoms. The van der Waals surface area contributed by atoms with Crippen LogP contribution in [0.5, 0.6) is 0 Å². The second-order valence-electron chi connectivity index (χ2n) is 11.6. The van der Waals surface area contributed by atoms with Gasteiger partial charge in [0.1, 0.15) is 11.2 Å². The van der Waals surface area contributed by atoms with Crippen LogP contribution in [0.2, 0.25) is 0 Å². The quantitative estimate of drug-likeness (QED) is 0.263. The standard InChI is InChI=1S/C26H43N2O8PS/c1-8-34-37(33)15-14-27(17-20-11-16-38-18-20)19-26(37,21(29)30)12-9-10-13-28(22(31)35-24(2,3)4)23(32)36-25(5,6)7/h11,16,18H,8-10,12-15,17,19H2,1-7H3,(H,29,30). The van der Waals surface area contributed by atoms with Crippen molar-refractivity contribution in [3.63, 3.8) is 0 Å². The van der Waals surface area contributed by atoms with E-state index in [1.165, 1.54) is 0 Å². The molecule has 2 atom stereocenters. The first-order valence-electron chi connectivity index (χ1n) is 13.0. The predicted molar refractivity (Wildman–Crippen MR) is 147 cm³/mol. The first-order valence-corrected chi connectivity index (χ1v) is 15.7. The minimum atomic E-state index is -3.53. The van der Waals surface area contributed by atoms with Gasteiger partial charge in [-0.3, -0.25) is 14.3 Å². The lowest BCUT2D eigenvalue weighted by Gasteiger charge is -2.44. The number of nitrogens with zero attached hydrogens (tertiary/aromatic N) is 2. The molecule has 38 heavy (non-hydrogen) atoms. The predicted octanol–water partition coefficient (Wildman–Crippen LogP) is 6.04. The van der Waals surface area contributed by atoms with Crippen molar-refractivity contribution in [2.75, 3.05) is 32.4 Å². The van der Waals surface area contributed by atoms with E-state index in [4.69, 9.17) is 14.0 Å². The number of imide groups is 1. The van der Waals surface area contributed by atoms with Gasteiger partial charge < -0.3 is 19.1 Å². The molecule has 0 aliphatic carbocycles. The first kappa shape index (κ1) is 32.3. The molecule has 1 saturated heterocycles. The van der Waals surface area contributed by atoms with E-state index in [1.54, 1.807) is 59.8 Å². The summed E-state index contributed by atoms with van der Waals surface area (Å²) in [5, 5.41) is 12.8. The minimum Gasteiger partial charge on any atom is -0.480 e. The third-order valence-corrected chi connectivity index (χ3v) is 10.1. The zero-order valence-corrected chi connectivity index (χ0v) is 25.4. The number of ether oxygens (including phenoxy) is 2. The highest BCUT2D eigenvalue weighted by molar-refractivity contribution is 7.62. The second kappa shape index (κ2) is 12.9. The molecule has 1 aromatic heterocycles. The van der Waals surface area contributed by atoms with Crippen LogP contribution in [-0.2, 0) is 29.9 Å². The summed E-state index contributed by atoms with van der Waals surface area (Å²) in [4.78, 5) is 41.2. The van der Waals surface area contributed by atoms with Gasteiger partial charge in [-0.1, -0.05) is 0 Å². The summed E-state index contributed by atoms with van der Waals surface area (Å²) in [5.41, 5.74) is -0.557. The van der Waals surface area contributed by atoms with Gasteiger partial charge in [0.15, 0.2) is 5.16 Å². The summed E-state index contributed by atoms with van der Waals surface area (Å²) in [7, 11) is -3.53. The van der Waals surface area contributed by atoms with E-state index in [-0.39, 0.29) is 38.7 Å². The van der Waals surface area contributed by atoms with E-state index in [9.17, 15) is 24.1 Å². The van der Waals surface area contributed by atoms with Gasteiger partial charge in [0.25, 0.3) is 0 Å². The summed E-state index contributed by atoms with van der Waals surface area (Å²) < 4.78 is 30.4. The number of carboxylic acid groups (broad SMARTS) is 1. The molecule has 1 N–H and O–H groups in total. The third kappa shape index (κ3) is 8.79. The molecule has 12 heteroatoms. The molecule has 0 aromatic carbocycles. The Labute approximate surface area is 230 Å². The number of aliphatic carboxylic acids is 1. The van der Waals surface area contributed by atoms with Gasteiger partial charge in [-0.15, -0.1) is 0 Å². The van der Waals surface area contributed by atoms with Crippen molar-refractivity contribution in [2.45, 2.75) is 90.6 Å². The lowest BCUT2D eigenvalue weighted by molar-refractivity contribution is -0.141. The molecule has 216 valence electrons. The molecular weight excluding hydrogens is 531 g/mol. The Morgan fingerprint density at radius 2 is 1.71 bits per heavy atom. The van der Waals surface area contributed by atoms with Crippen molar-refractivity contribution < 1.29 is 38.1 Å². The van der Waals surface area contributed by atoms with Gasteiger partial charge in [0.05, 0.1) is 6.61 Å². The van der Waals surface area contributed by atoms with Crippen molar-refractivity contribution >= 4 is 36.9 Å². The highest BCUT2D eigenvalue weighted by Crippen LogP contribution is 2.63. The number of rotatable bonds is 10. The van der Waals surface area contributed by atoms with Gasteiger partial charge in [0.2, 0.25) is 7.37 Å². The average molecular weight is 575 g/mol. The van der Waals surface area contributed by atoms with Crippen LogP contribution in [-0.4, -0.2) is 81.8 Å². The van der Waals surface area contributed by atoms with Crippen LogP contribution in [0, 0.1) is 0 Å². The highest BCUT2D eigenvalue weighted by Gasteiger charge is 2.58. The maximum atomic E-state index is 13.9. The Bertz CT molecular complexity index is 974. The molecule has 1 aliphatic rings. The van der Waals surface area contributed by atoms with Crippen LogP contribution >= 0.6 is 18.7 Å². The summed E-state index contributed by atoms with van der Waals surface area (Å²) in [6, 6.07) is 1.99. The fourth-order valence-electron chi connectivity index (χ4n) is 4.36. The van der Waals surface area contributed by atoms with Crippen molar-refractivity contribution in [1.82, 2.24) is 9.80 Å². The Morgan fingerprint density at radius 1 is 1.11 bits per heavy atom. The summed E-state index contributed by atoms with van der Waals surface area (Å²) in [6.45, 7) is 13.2. The van der Waals surface area contributed by atoms with Gasteiger partial charge in [-0.05, 0) is 90.1 Å². The van der Waals surface area contributed by atoms with Crippen molar-refractivity contribution in [3.8, 4) is 0 Å². The molecule has 10 nitrogen and oxygen atoms in total. The molecule has 1 aromatic rings. The fraction of sp³-hybridized carbons (Fsp3) is 0.731. The lowest BCUT2D eigenvalue weighted by atomic mass is 9.99. The van der Waals surface area contributed by atoms with Crippen LogP contribution in [0.1, 0.15) is 73.3 Å².